The smallest absolute Gasteiger partial charge is 0.174 e. The molecule has 2 rings (SSSR count). The van der Waals surface area contributed by atoms with Crippen LogP contribution in [-0.2, 0) is 0 Å². The third-order valence-corrected chi connectivity index (χ3v) is 4.12. The van der Waals surface area contributed by atoms with Crippen molar-refractivity contribution >= 4 is 11.8 Å². The molecule has 1 heterocycles. The lowest BCUT2D eigenvalue weighted by Crippen LogP contribution is -2.17. The van der Waals surface area contributed by atoms with Gasteiger partial charge in [-0.2, -0.15) is 0 Å². The minimum atomic E-state index is 0.455. The van der Waals surface area contributed by atoms with E-state index in [1.54, 1.807) is 14.2 Å². The van der Waals surface area contributed by atoms with Gasteiger partial charge in [-0.15, -0.1) is 11.8 Å². The highest BCUT2D eigenvalue weighted by atomic mass is 32.2. The van der Waals surface area contributed by atoms with E-state index in [1.807, 2.05) is 17.8 Å². The molecule has 0 aliphatic carbocycles. The quantitative estimate of drug-likeness (QED) is 0.878. The van der Waals surface area contributed by atoms with E-state index in [4.69, 9.17) is 15.2 Å². The Kier molecular flexibility index (Phi) is 3.61. The van der Waals surface area contributed by atoms with Gasteiger partial charge in [0.05, 0.1) is 19.1 Å². The van der Waals surface area contributed by atoms with Gasteiger partial charge >= 0.3 is 0 Å². The summed E-state index contributed by atoms with van der Waals surface area (Å²) < 4.78 is 10.7. The Morgan fingerprint density at radius 1 is 1.38 bits per heavy atom. The predicted octanol–water partition coefficient (Wildman–Crippen LogP) is 2.24. The SMILES string of the molecule is COc1ccc2c(c1OC)SCCC2CN. The van der Waals surface area contributed by atoms with Gasteiger partial charge in [0.25, 0.3) is 0 Å². The Labute approximate surface area is 100 Å². The largest absolute Gasteiger partial charge is 0.493 e. The molecule has 88 valence electrons. The summed E-state index contributed by atoms with van der Waals surface area (Å²) in [6, 6.07) is 4.08. The zero-order valence-electron chi connectivity index (χ0n) is 9.66. The van der Waals surface area contributed by atoms with Gasteiger partial charge in [0.1, 0.15) is 0 Å². The van der Waals surface area contributed by atoms with Gasteiger partial charge in [0.15, 0.2) is 11.5 Å². The highest BCUT2D eigenvalue weighted by Gasteiger charge is 2.24. The molecule has 2 N–H and O–H groups in total. The van der Waals surface area contributed by atoms with Crippen LogP contribution >= 0.6 is 11.8 Å². The topological polar surface area (TPSA) is 44.5 Å². The summed E-state index contributed by atoms with van der Waals surface area (Å²) >= 11 is 1.83. The summed E-state index contributed by atoms with van der Waals surface area (Å²) in [5.41, 5.74) is 7.10. The molecule has 0 fully saturated rings. The Balaban J connectivity index is 2.50. The molecule has 1 aromatic carbocycles. The average Bonchev–Trinajstić information content (AvgIpc) is 2.36. The lowest BCUT2D eigenvalue weighted by molar-refractivity contribution is 0.346. The predicted molar refractivity (Wildman–Crippen MR) is 66.7 cm³/mol. The zero-order chi connectivity index (χ0) is 11.5. The molecule has 1 atom stereocenters. The van der Waals surface area contributed by atoms with Crippen LogP contribution in [0.3, 0.4) is 0 Å². The number of hydrogen-bond donors (Lipinski definition) is 1. The second kappa shape index (κ2) is 4.97. The molecule has 1 aromatic rings. The Morgan fingerprint density at radius 3 is 2.81 bits per heavy atom. The van der Waals surface area contributed by atoms with E-state index in [2.05, 4.69) is 6.07 Å². The lowest BCUT2D eigenvalue weighted by atomic mass is 9.95. The number of hydrogen-bond acceptors (Lipinski definition) is 4. The number of benzene rings is 1. The van der Waals surface area contributed by atoms with Gasteiger partial charge in [0.2, 0.25) is 0 Å². The molecule has 0 saturated carbocycles. The highest BCUT2D eigenvalue weighted by Crippen LogP contribution is 2.46. The molecule has 0 saturated heterocycles. The van der Waals surface area contributed by atoms with Gasteiger partial charge in [0, 0.05) is 0 Å². The first-order chi connectivity index (χ1) is 7.81. The monoisotopic (exact) mass is 239 g/mol. The second-order valence-electron chi connectivity index (χ2n) is 3.79. The molecule has 1 unspecified atom stereocenters. The Morgan fingerprint density at radius 2 is 2.19 bits per heavy atom. The maximum atomic E-state index is 5.80. The summed E-state index contributed by atoms with van der Waals surface area (Å²) in [6.45, 7) is 0.697. The second-order valence-corrected chi connectivity index (χ2v) is 4.89. The molecule has 0 amide bonds. The molecule has 0 aromatic heterocycles. The molecule has 16 heavy (non-hydrogen) atoms. The van der Waals surface area contributed by atoms with Crippen molar-refractivity contribution in [1.29, 1.82) is 0 Å². The zero-order valence-corrected chi connectivity index (χ0v) is 10.5. The van der Waals surface area contributed by atoms with Crippen LogP contribution in [0.1, 0.15) is 17.9 Å². The fourth-order valence-corrected chi connectivity index (χ4v) is 3.41. The first kappa shape index (κ1) is 11.6. The van der Waals surface area contributed by atoms with Crippen molar-refractivity contribution in [2.75, 3.05) is 26.5 Å². The molecule has 0 radical (unpaired) electrons. The summed E-state index contributed by atoms with van der Waals surface area (Å²) in [5.74, 6) is 3.20. The fourth-order valence-electron chi connectivity index (χ4n) is 2.09. The van der Waals surface area contributed by atoms with Crippen LogP contribution in [-0.4, -0.2) is 26.5 Å². The molecule has 0 bridgehead atoms. The van der Waals surface area contributed by atoms with E-state index < -0.39 is 0 Å². The molecule has 1 aliphatic heterocycles. The van der Waals surface area contributed by atoms with Crippen molar-refractivity contribution < 1.29 is 9.47 Å². The third-order valence-electron chi connectivity index (χ3n) is 2.97. The van der Waals surface area contributed by atoms with Gasteiger partial charge < -0.3 is 15.2 Å². The molecule has 1 aliphatic rings. The first-order valence-electron chi connectivity index (χ1n) is 5.39. The third kappa shape index (κ3) is 1.87. The van der Waals surface area contributed by atoms with Crippen molar-refractivity contribution in [2.45, 2.75) is 17.2 Å². The van der Waals surface area contributed by atoms with Gasteiger partial charge in [-0.1, -0.05) is 6.07 Å². The van der Waals surface area contributed by atoms with Crippen molar-refractivity contribution in [3.8, 4) is 11.5 Å². The summed E-state index contributed by atoms with van der Waals surface area (Å²) in [6.07, 6.45) is 1.14. The fraction of sp³-hybridized carbons (Fsp3) is 0.500. The van der Waals surface area contributed by atoms with Gasteiger partial charge in [-0.05, 0) is 36.3 Å². The summed E-state index contributed by atoms with van der Waals surface area (Å²) in [5, 5.41) is 0. The Hall–Kier alpha value is -0.870. The number of thioether (sulfide) groups is 1. The van der Waals surface area contributed by atoms with E-state index in [0.717, 1.165) is 23.7 Å². The van der Waals surface area contributed by atoms with Crippen LogP contribution in [0.15, 0.2) is 17.0 Å². The number of nitrogens with two attached hydrogens (primary N) is 1. The molecular formula is C12H17NO2S. The van der Waals surface area contributed by atoms with E-state index in [0.29, 0.717) is 12.5 Å². The van der Waals surface area contributed by atoms with Crippen LogP contribution in [0.25, 0.3) is 0 Å². The molecular weight excluding hydrogens is 222 g/mol. The first-order valence-corrected chi connectivity index (χ1v) is 6.38. The standard InChI is InChI=1S/C12H17NO2S/c1-14-10-4-3-9-8(7-13)5-6-16-12(9)11(10)15-2/h3-4,8H,5-7,13H2,1-2H3. The maximum absolute atomic E-state index is 5.80. The minimum Gasteiger partial charge on any atom is -0.493 e. The van der Waals surface area contributed by atoms with Crippen molar-refractivity contribution in [2.24, 2.45) is 5.73 Å². The lowest BCUT2D eigenvalue weighted by Gasteiger charge is -2.26. The van der Waals surface area contributed by atoms with E-state index in [1.165, 1.54) is 10.5 Å². The van der Waals surface area contributed by atoms with Crippen molar-refractivity contribution in [3.05, 3.63) is 17.7 Å². The number of fused-ring (bicyclic) bond motifs is 1. The summed E-state index contributed by atoms with van der Waals surface area (Å²) in [7, 11) is 3.35. The van der Waals surface area contributed by atoms with Gasteiger partial charge in [-0.25, -0.2) is 0 Å². The van der Waals surface area contributed by atoms with Crippen molar-refractivity contribution in [1.82, 2.24) is 0 Å². The van der Waals surface area contributed by atoms with Crippen LogP contribution in [0, 0.1) is 0 Å². The van der Waals surface area contributed by atoms with Crippen LogP contribution in [0.2, 0.25) is 0 Å². The molecule has 3 nitrogen and oxygen atoms in total. The minimum absolute atomic E-state index is 0.455. The summed E-state index contributed by atoms with van der Waals surface area (Å²) in [4.78, 5) is 1.20. The maximum Gasteiger partial charge on any atom is 0.174 e. The highest BCUT2D eigenvalue weighted by molar-refractivity contribution is 7.99. The van der Waals surface area contributed by atoms with Gasteiger partial charge in [-0.3, -0.25) is 0 Å². The van der Waals surface area contributed by atoms with E-state index >= 15 is 0 Å². The molecule has 4 heteroatoms. The molecule has 0 spiro atoms. The van der Waals surface area contributed by atoms with E-state index in [-0.39, 0.29) is 0 Å². The normalized spacial score (nSPS) is 19.1. The van der Waals surface area contributed by atoms with Crippen LogP contribution in [0.4, 0.5) is 0 Å². The average molecular weight is 239 g/mol. The van der Waals surface area contributed by atoms with Crippen LogP contribution < -0.4 is 15.2 Å². The van der Waals surface area contributed by atoms with Crippen LogP contribution in [0.5, 0.6) is 11.5 Å². The number of rotatable bonds is 3. The van der Waals surface area contributed by atoms with Crippen molar-refractivity contribution in [3.63, 3.8) is 0 Å². The number of ether oxygens (including phenoxy) is 2. The Bertz CT molecular complexity index is 382. The number of methoxy groups -OCH3 is 2. The van der Waals surface area contributed by atoms with E-state index in [9.17, 15) is 0 Å².